The van der Waals surface area contributed by atoms with Crippen molar-refractivity contribution in [3.05, 3.63) is 63.7 Å². The molecule has 0 bridgehead atoms. The molecule has 2 aromatic rings. The Morgan fingerprint density at radius 2 is 1.76 bits per heavy atom. The highest BCUT2D eigenvalue weighted by Crippen LogP contribution is 2.15. The van der Waals surface area contributed by atoms with E-state index in [4.69, 9.17) is 0 Å². The summed E-state index contributed by atoms with van der Waals surface area (Å²) in [5.41, 5.74) is 1.12. The van der Waals surface area contributed by atoms with Gasteiger partial charge in [0.1, 0.15) is 0 Å². The molecule has 0 aromatic heterocycles. The number of carboxylic acids is 1. The normalized spacial score (nSPS) is 11.5. The van der Waals surface area contributed by atoms with Crippen LogP contribution in [0.25, 0.3) is 0 Å². The molecule has 5 nitrogen and oxygen atoms in total. The number of benzene rings is 2. The van der Waals surface area contributed by atoms with Crippen molar-refractivity contribution in [2.75, 3.05) is 5.32 Å². The van der Waals surface area contributed by atoms with Crippen LogP contribution in [-0.2, 0) is 4.79 Å². The van der Waals surface area contributed by atoms with Crippen LogP contribution in [0.2, 0.25) is 0 Å². The van der Waals surface area contributed by atoms with E-state index in [9.17, 15) is 14.7 Å². The Hall–Kier alpha value is -2.09. The molecule has 0 aliphatic heterocycles. The van der Waals surface area contributed by atoms with E-state index in [1.165, 1.54) is 0 Å². The molecule has 0 aliphatic rings. The van der Waals surface area contributed by atoms with Crippen molar-refractivity contribution in [3.8, 4) is 0 Å². The van der Waals surface area contributed by atoms with Crippen molar-refractivity contribution in [2.45, 2.75) is 6.04 Å². The van der Waals surface area contributed by atoms with Gasteiger partial charge in [-0.1, -0.05) is 36.4 Å². The van der Waals surface area contributed by atoms with Crippen LogP contribution in [0.4, 0.5) is 10.5 Å². The summed E-state index contributed by atoms with van der Waals surface area (Å²) in [4.78, 5) is 23.2. The number of carbonyl (C=O) groups excluding carboxylic acids is 1. The first kappa shape index (κ1) is 15.3. The number of halogens is 1. The summed E-state index contributed by atoms with van der Waals surface area (Å²) in [6.07, 6.45) is 0. The van der Waals surface area contributed by atoms with Gasteiger partial charge in [0.2, 0.25) is 0 Å². The van der Waals surface area contributed by atoms with E-state index in [0.717, 1.165) is 3.57 Å². The number of hydrogen-bond acceptors (Lipinski definition) is 2. The second kappa shape index (κ2) is 7.07. The third kappa shape index (κ3) is 4.45. The van der Waals surface area contributed by atoms with Crippen molar-refractivity contribution < 1.29 is 14.7 Å². The van der Waals surface area contributed by atoms with Gasteiger partial charge in [0.25, 0.3) is 0 Å². The first-order valence-electron chi connectivity index (χ1n) is 6.17. The van der Waals surface area contributed by atoms with Gasteiger partial charge in [0.05, 0.1) is 0 Å². The van der Waals surface area contributed by atoms with Crippen LogP contribution in [0.15, 0.2) is 54.6 Å². The fourth-order valence-corrected chi connectivity index (χ4v) is 2.34. The van der Waals surface area contributed by atoms with Crippen LogP contribution in [0.3, 0.4) is 0 Å². The Morgan fingerprint density at radius 3 is 2.38 bits per heavy atom. The number of urea groups is 1. The molecule has 2 rings (SSSR count). The van der Waals surface area contributed by atoms with E-state index >= 15 is 0 Å². The maximum Gasteiger partial charge on any atom is 0.330 e. The molecule has 0 fully saturated rings. The molecule has 6 heteroatoms. The van der Waals surface area contributed by atoms with Crippen LogP contribution in [0, 0.1) is 3.57 Å². The molecule has 2 aromatic carbocycles. The third-order valence-corrected chi connectivity index (χ3v) is 3.41. The van der Waals surface area contributed by atoms with Crippen LogP contribution in [0.5, 0.6) is 0 Å². The zero-order valence-corrected chi connectivity index (χ0v) is 13.1. The van der Waals surface area contributed by atoms with E-state index in [-0.39, 0.29) is 0 Å². The first-order chi connectivity index (χ1) is 10.1. The highest BCUT2D eigenvalue weighted by molar-refractivity contribution is 14.1. The molecule has 2 amide bonds. The van der Waals surface area contributed by atoms with Gasteiger partial charge in [0, 0.05) is 9.26 Å². The van der Waals surface area contributed by atoms with E-state index < -0.39 is 18.0 Å². The minimum atomic E-state index is -1.11. The van der Waals surface area contributed by atoms with Gasteiger partial charge < -0.3 is 15.7 Å². The highest BCUT2D eigenvalue weighted by Gasteiger charge is 2.21. The molecule has 0 saturated heterocycles. The summed E-state index contributed by atoms with van der Waals surface area (Å²) in [6, 6.07) is 14.1. The smallest absolute Gasteiger partial charge is 0.330 e. The Bertz CT molecular complexity index is 646. The van der Waals surface area contributed by atoms with Crippen LogP contribution in [-0.4, -0.2) is 17.1 Å². The zero-order valence-electron chi connectivity index (χ0n) is 10.9. The van der Waals surface area contributed by atoms with Crippen molar-refractivity contribution in [2.24, 2.45) is 0 Å². The lowest BCUT2D eigenvalue weighted by molar-refractivity contribution is -0.139. The molecule has 21 heavy (non-hydrogen) atoms. The molecule has 108 valence electrons. The van der Waals surface area contributed by atoms with E-state index in [2.05, 4.69) is 33.2 Å². The number of anilines is 1. The van der Waals surface area contributed by atoms with E-state index in [1.807, 2.05) is 12.1 Å². The summed E-state index contributed by atoms with van der Waals surface area (Å²) < 4.78 is 0.975. The number of carbonyl (C=O) groups is 2. The van der Waals surface area contributed by atoms with Crippen LogP contribution >= 0.6 is 22.6 Å². The lowest BCUT2D eigenvalue weighted by atomic mass is 10.1. The molecule has 0 spiro atoms. The summed E-state index contributed by atoms with van der Waals surface area (Å²) >= 11 is 2.13. The summed E-state index contributed by atoms with van der Waals surface area (Å²) in [7, 11) is 0. The molecule has 3 N–H and O–H groups in total. The minimum absolute atomic E-state index is 0.516. The number of amides is 2. The SMILES string of the molecule is O=C(Nc1cccc(I)c1)N[C@@H](C(=O)O)c1ccccc1. The number of hydrogen-bond donors (Lipinski definition) is 3. The second-order valence-corrected chi connectivity index (χ2v) is 5.54. The Balaban J connectivity index is 2.07. The summed E-state index contributed by atoms with van der Waals surface area (Å²) in [5, 5.41) is 14.3. The fraction of sp³-hybridized carbons (Fsp3) is 0.0667. The Labute approximate surface area is 135 Å². The molecule has 0 heterocycles. The van der Waals surface area contributed by atoms with Gasteiger partial charge in [-0.15, -0.1) is 0 Å². The fourth-order valence-electron chi connectivity index (χ4n) is 1.80. The number of nitrogens with one attached hydrogen (secondary N) is 2. The minimum Gasteiger partial charge on any atom is -0.479 e. The molecule has 0 radical (unpaired) electrons. The van der Waals surface area contributed by atoms with Crippen molar-refractivity contribution in [3.63, 3.8) is 0 Å². The molecular formula is C15H13IN2O3. The monoisotopic (exact) mass is 396 g/mol. The van der Waals surface area contributed by atoms with E-state index in [1.54, 1.807) is 42.5 Å². The largest absolute Gasteiger partial charge is 0.479 e. The summed E-state index contributed by atoms with van der Waals surface area (Å²) in [6.45, 7) is 0. The average Bonchev–Trinajstić information content (AvgIpc) is 2.45. The third-order valence-electron chi connectivity index (χ3n) is 2.74. The first-order valence-corrected chi connectivity index (χ1v) is 7.25. The van der Waals surface area contributed by atoms with Gasteiger partial charge >= 0.3 is 12.0 Å². The zero-order chi connectivity index (χ0) is 15.2. The van der Waals surface area contributed by atoms with Crippen molar-refractivity contribution in [1.82, 2.24) is 5.32 Å². The number of carboxylic acid groups (broad SMARTS) is 1. The van der Waals surface area contributed by atoms with Gasteiger partial charge in [-0.3, -0.25) is 0 Å². The van der Waals surface area contributed by atoms with E-state index in [0.29, 0.717) is 11.3 Å². The Kier molecular flexibility index (Phi) is 5.15. The summed E-state index contributed by atoms with van der Waals surface area (Å²) in [5.74, 6) is -1.11. The maximum absolute atomic E-state index is 11.9. The predicted molar refractivity (Wildman–Crippen MR) is 88.1 cm³/mol. The maximum atomic E-state index is 11.9. The second-order valence-electron chi connectivity index (χ2n) is 4.29. The van der Waals surface area contributed by atoms with Gasteiger partial charge in [0.15, 0.2) is 6.04 Å². The van der Waals surface area contributed by atoms with Gasteiger partial charge in [-0.2, -0.15) is 0 Å². The van der Waals surface area contributed by atoms with Crippen LogP contribution in [0.1, 0.15) is 11.6 Å². The standard InChI is InChI=1S/C15H13IN2O3/c16-11-7-4-8-12(9-11)17-15(21)18-13(14(19)20)10-5-2-1-3-6-10/h1-9,13H,(H,19,20)(H2,17,18,21)/t13-/m1/s1. The molecule has 0 aliphatic carbocycles. The van der Waals surface area contributed by atoms with Gasteiger partial charge in [-0.05, 0) is 46.4 Å². The molecule has 0 saturated carbocycles. The molecular weight excluding hydrogens is 383 g/mol. The predicted octanol–water partition coefficient (Wildman–Crippen LogP) is 3.24. The lowest BCUT2D eigenvalue weighted by Gasteiger charge is -2.15. The topological polar surface area (TPSA) is 78.4 Å². The number of aliphatic carboxylic acids is 1. The van der Waals surface area contributed by atoms with Crippen molar-refractivity contribution >= 4 is 40.3 Å². The highest BCUT2D eigenvalue weighted by atomic mass is 127. The number of rotatable bonds is 4. The average molecular weight is 396 g/mol. The Morgan fingerprint density at radius 1 is 1.05 bits per heavy atom. The molecule has 0 unspecified atom stereocenters. The quantitative estimate of drug-likeness (QED) is 0.695. The van der Waals surface area contributed by atoms with Crippen molar-refractivity contribution in [1.29, 1.82) is 0 Å². The van der Waals surface area contributed by atoms with Crippen LogP contribution < -0.4 is 10.6 Å². The molecule has 1 atom stereocenters. The lowest BCUT2D eigenvalue weighted by Crippen LogP contribution is -2.36. The van der Waals surface area contributed by atoms with Gasteiger partial charge in [-0.25, -0.2) is 9.59 Å².